The third-order valence-corrected chi connectivity index (χ3v) is 4.53. The molecule has 1 saturated heterocycles. The molecule has 1 atom stereocenters. The average Bonchev–Trinajstić information content (AvgIpc) is 3.33. The maximum absolute atomic E-state index is 12.4. The Bertz CT molecular complexity index is 864. The molecule has 0 radical (unpaired) electrons. The van der Waals surface area contributed by atoms with Crippen LogP contribution in [0.25, 0.3) is 0 Å². The number of likely N-dealkylation sites (tertiary alicyclic amines) is 1. The Kier molecular flexibility index (Phi) is 4.64. The quantitative estimate of drug-likeness (QED) is 0.781. The molecule has 2 heterocycles. The zero-order chi connectivity index (χ0) is 17.8. The largest absolute Gasteiger partial charge is 0.425 e. The first-order valence-corrected chi connectivity index (χ1v) is 8.75. The number of carbonyl (C=O) groups is 1. The molecule has 0 saturated carbocycles. The van der Waals surface area contributed by atoms with Crippen LogP contribution in [-0.4, -0.2) is 34.2 Å². The van der Waals surface area contributed by atoms with Gasteiger partial charge in [-0.05, 0) is 24.1 Å². The number of para-hydroxylation sites is 1. The Morgan fingerprint density at radius 2 is 1.81 bits per heavy atom. The Morgan fingerprint density at radius 1 is 1.08 bits per heavy atom. The van der Waals surface area contributed by atoms with Gasteiger partial charge in [0.15, 0.2) is 0 Å². The number of anilines is 1. The van der Waals surface area contributed by atoms with Gasteiger partial charge in [-0.3, -0.25) is 0 Å². The van der Waals surface area contributed by atoms with E-state index >= 15 is 0 Å². The van der Waals surface area contributed by atoms with Gasteiger partial charge in [0.25, 0.3) is 0 Å². The molecule has 26 heavy (non-hydrogen) atoms. The fourth-order valence-corrected chi connectivity index (χ4v) is 3.14. The number of urea groups is 1. The summed E-state index contributed by atoms with van der Waals surface area (Å²) in [6, 6.07) is 19.4. The van der Waals surface area contributed by atoms with Crippen molar-refractivity contribution in [3.63, 3.8) is 0 Å². The van der Waals surface area contributed by atoms with Gasteiger partial charge in [-0.1, -0.05) is 48.5 Å². The van der Waals surface area contributed by atoms with Crippen LogP contribution in [0.4, 0.5) is 10.5 Å². The number of amides is 2. The molecular formula is C20H20N4O2. The van der Waals surface area contributed by atoms with Crippen LogP contribution in [0.5, 0.6) is 0 Å². The Morgan fingerprint density at radius 3 is 2.58 bits per heavy atom. The van der Waals surface area contributed by atoms with Crippen LogP contribution >= 0.6 is 0 Å². The van der Waals surface area contributed by atoms with E-state index in [0.717, 1.165) is 17.7 Å². The van der Waals surface area contributed by atoms with Crippen molar-refractivity contribution >= 4 is 11.7 Å². The summed E-state index contributed by atoms with van der Waals surface area (Å²) in [4.78, 5) is 14.2. The van der Waals surface area contributed by atoms with Crippen LogP contribution in [0, 0.1) is 0 Å². The second kappa shape index (κ2) is 7.39. The molecule has 1 fully saturated rings. The summed E-state index contributed by atoms with van der Waals surface area (Å²) in [6.07, 6.45) is 1.45. The van der Waals surface area contributed by atoms with Gasteiger partial charge in [0.05, 0.1) is 12.3 Å². The van der Waals surface area contributed by atoms with Gasteiger partial charge in [-0.2, -0.15) is 0 Å². The van der Waals surface area contributed by atoms with Gasteiger partial charge in [0.2, 0.25) is 11.8 Å². The van der Waals surface area contributed by atoms with Crippen molar-refractivity contribution in [3.8, 4) is 0 Å². The Balaban J connectivity index is 1.36. The summed E-state index contributed by atoms with van der Waals surface area (Å²) < 4.78 is 5.84. The molecule has 1 aliphatic heterocycles. The van der Waals surface area contributed by atoms with E-state index < -0.39 is 0 Å². The van der Waals surface area contributed by atoms with Crippen molar-refractivity contribution in [2.75, 3.05) is 18.4 Å². The SMILES string of the molecule is O=C(Nc1ccccc1)N1CCC(c2nnc(Cc3ccccc3)o2)C1. The summed E-state index contributed by atoms with van der Waals surface area (Å²) in [7, 11) is 0. The molecule has 6 heteroatoms. The van der Waals surface area contributed by atoms with Crippen molar-refractivity contribution in [3.05, 3.63) is 78.0 Å². The number of nitrogens with zero attached hydrogens (tertiary/aromatic N) is 3. The van der Waals surface area contributed by atoms with Crippen molar-refractivity contribution in [1.29, 1.82) is 0 Å². The molecule has 1 aliphatic rings. The van der Waals surface area contributed by atoms with E-state index in [9.17, 15) is 4.79 Å². The van der Waals surface area contributed by atoms with E-state index in [1.54, 1.807) is 4.90 Å². The van der Waals surface area contributed by atoms with Crippen molar-refractivity contribution < 1.29 is 9.21 Å². The van der Waals surface area contributed by atoms with Gasteiger partial charge in [0, 0.05) is 18.8 Å². The van der Waals surface area contributed by atoms with Gasteiger partial charge in [0.1, 0.15) is 0 Å². The van der Waals surface area contributed by atoms with E-state index in [2.05, 4.69) is 15.5 Å². The lowest BCUT2D eigenvalue weighted by molar-refractivity contribution is 0.221. The minimum absolute atomic E-state index is 0.0912. The first-order chi connectivity index (χ1) is 12.8. The Labute approximate surface area is 151 Å². The maximum atomic E-state index is 12.4. The van der Waals surface area contributed by atoms with Crippen LogP contribution in [-0.2, 0) is 6.42 Å². The van der Waals surface area contributed by atoms with Crippen molar-refractivity contribution in [2.24, 2.45) is 0 Å². The molecule has 2 amide bonds. The predicted molar refractivity (Wildman–Crippen MR) is 97.9 cm³/mol. The van der Waals surface area contributed by atoms with Crippen LogP contribution in [0.15, 0.2) is 65.1 Å². The third-order valence-electron chi connectivity index (χ3n) is 4.53. The molecule has 0 bridgehead atoms. The number of rotatable bonds is 4. The van der Waals surface area contributed by atoms with Crippen LogP contribution in [0.2, 0.25) is 0 Å². The molecule has 1 aromatic heterocycles. The molecule has 3 aromatic rings. The first kappa shape index (κ1) is 16.3. The Hall–Kier alpha value is -3.15. The lowest BCUT2D eigenvalue weighted by Crippen LogP contribution is -2.32. The van der Waals surface area contributed by atoms with Gasteiger partial charge in [-0.15, -0.1) is 10.2 Å². The van der Waals surface area contributed by atoms with Gasteiger partial charge >= 0.3 is 6.03 Å². The highest BCUT2D eigenvalue weighted by molar-refractivity contribution is 5.89. The lowest BCUT2D eigenvalue weighted by atomic mass is 10.1. The molecule has 4 rings (SSSR count). The van der Waals surface area contributed by atoms with Crippen molar-refractivity contribution in [2.45, 2.75) is 18.8 Å². The van der Waals surface area contributed by atoms with Crippen LogP contribution in [0.1, 0.15) is 29.7 Å². The second-order valence-electron chi connectivity index (χ2n) is 6.42. The van der Waals surface area contributed by atoms with E-state index in [-0.39, 0.29) is 11.9 Å². The molecule has 1 N–H and O–H groups in total. The lowest BCUT2D eigenvalue weighted by Gasteiger charge is -2.16. The molecular weight excluding hydrogens is 328 g/mol. The summed E-state index contributed by atoms with van der Waals surface area (Å²) in [5.74, 6) is 1.32. The van der Waals surface area contributed by atoms with Crippen LogP contribution in [0.3, 0.4) is 0 Å². The number of carbonyl (C=O) groups excluding carboxylic acids is 1. The fourth-order valence-electron chi connectivity index (χ4n) is 3.14. The highest BCUT2D eigenvalue weighted by atomic mass is 16.4. The predicted octanol–water partition coefficient (Wildman–Crippen LogP) is 3.68. The smallest absolute Gasteiger partial charge is 0.321 e. The normalized spacial score (nSPS) is 16.6. The van der Waals surface area contributed by atoms with Crippen molar-refractivity contribution in [1.82, 2.24) is 15.1 Å². The van der Waals surface area contributed by atoms with E-state index in [0.29, 0.717) is 31.3 Å². The summed E-state index contributed by atoms with van der Waals surface area (Å²) in [6.45, 7) is 1.27. The topological polar surface area (TPSA) is 71.3 Å². The number of benzene rings is 2. The number of aromatic nitrogens is 2. The van der Waals surface area contributed by atoms with Gasteiger partial charge < -0.3 is 14.6 Å². The van der Waals surface area contributed by atoms with E-state index in [1.165, 1.54) is 0 Å². The highest BCUT2D eigenvalue weighted by Gasteiger charge is 2.31. The minimum Gasteiger partial charge on any atom is -0.425 e. The van der Waals surface area contributed by atoms with E-state index in [4.69, 9.17) is 4.42 Å². The molecule has 6 nitrogen and oxygen atoms in total. The minimum atomic E-state index is -0.0947. The van der Waals surface area contributed by atoms with Crippen LogP contribution < -0.4 is 5.32 Å². The molecule has 0 aliphatic carbocycles. The number of nitrogens with one attached hydrogen (secondary N) is 1. The monoisotopic (exact) mass is 348 g/mol. The molecule has 1 unspecified atom stereocenters. The molecule has 2 aromatic carbocycles. The van der Waals surface area contributed by atoms with E-state index in [1.807, 2.05) is 60.7 Å². The molecule has 132 valence electrons. The zero-order valence-corrected chi connectivity index (χ0v) is 14.3. The third kappa shape index (κ3) is 3.74. The standard InChI is InChI=1S/C20H20N4O2/c25-20(21-17-9-5-2-6-10-17)24-12-11-16(14-24)19-23-22-18(26-19)13-15-7-3-1-4-8-15/h1-10,16H,11-14H2,(H,21,25). The second-order valence-corrected chi connectivity index (χ2v) is 6.42. The first-order valence-electron chi connectivity index (χ1n) is 8.75. The zero-order valence-electron chi connectivity index (χ0n) is 14.3. The maximum Gasteiger partial charge on any atom is 0.321 e. The fraction of sp³-hybridized carbons (Fsp3) is 0.250. The summed E-state index contributed by atoms with van der Waals surface area (Å²) in [5, 5.41) is 11.3. The molecule has 0 spiro atoms. The average molecular weight is 348 g/mol. The highest BCUT2D eigenvalue weighted by Crippen LogP contribution is 2.27. The van der Waals surface area contributed by atoms with Gasteiger partial charge in [-0.25, -0.2) is 4.79 Å². The number of hydrogen-bond acceptors (Lipinski definition) is 4. The summed E-state index contributed by atoms with van der Waals surface area (Å²) in [5.41, 5.74) is 1.93. The number of hydrogen-bond donors (Lipinski definition) is 1. The summed E-state index contributed by atoms with van der Waals surface area (Å²) >= 11 is 0.